The van der Waals surface area contributed by atoms with Gasteiger partial charge in [-0.25, -0.2) is 0 Å². The molecule has 0 spiro atoms. The third-order valence-corrected chi connectivity index (χ3v) is 1.000. The predicted octanol–water partition coefficient (Wildman–Crippen LogP) is 90.0. The molecular weight excluding hydrogens is 1760 g/mol. The van der Waals surface area contributed by atoms with Crippen molar-refractivity contribution in [3.05, 3.63) is 0 Å². The number of hydrogen-bond acceptors (Lipinski definition) is 4. The van der Waals surface area contributed by atoms with Gasteiger partial charge >= 0.3 is 0 Å². The van der Waals surface area contributed by atoms with E-state index in [-0.39, 0.29) is 1050 Å². The molecule has 1 fully saturated rings. The maximum Gasteiger partial charge on any atom is -0.0533 e. The summed E-state index contributed by atoms with van der Waals surface area (Å²) in [6, 6.07) is 0. The molecule has 12 N–H and O–H groups in total. The lowest BCUT2D eigenvalue weighted by molar-refractivity contribution is 0.504. The molecule has 0 amide bonds. The zero-order valence-corrected chi connectivity index (χ0v) is 5.66. The van der Waals surface area contributed by atoms with Crippen LogP contribution in [-0.2, 0) is 0 Å². The molecule has 1 rings (SSSR count). The summed E-state index contributed by atoms with van der Waals surface area (Å²) in [5.41, 5.74) is 0. The fourth-order valence-electron chi connectivity index (χ4n) is 0.250. The summed E-state index contributed by atoms with van der Waals surface area (Å²) in [5, 5.41) is 0. The molecule has 0 aliphatic heterocycles. The first-order valence-electron chi connectivity index (χ1n) is 2.00. The second-order valence-corrected chi connectivity index (χ2v) is 1.41. The summed E-state index contributed by atoms with van der Waals surface area (Å²) >= 11 is 0. The Morgan fingerprint density at radius 3 is 0.0342 bits per heavy atom. The maximum atomic E-state index is 1.50. The lowest BCUT2D eigenvalue weighted by Gasteiger charge is -2.05. The second-order valence-electron chi connectivity index (χ2n) is 1.41. The van der Waals surface area contributed by atoms with Crippen molar-refractivity contribution in [3.63, 3.8) is 0 Å². The standard InChI is InChI=1S/C4H8.138CH4.4H3N/c1-2-4-3-1;;;;;;;;;;;;;;;;;;;;;;;;;;;;;;;;;;;;;;;;;;;;;;;;;;;;;;;;;;;;;;;;;;;;;;;;;;;;;;;;;;;;;;;;;;;;;;;;;;;;;;;;;;;;;;;;;;;;;;;;;;;;;;;;;;;;;;;;;;;;;;/h1-4H2;138*1H4;4*1H3. The average Bonchev–Trinajstić information content (AvgIpc) is 0.722. The highest BCUT2D eigenvalue weighted by molar-refractivity contribution is 4.50. The van der Waals surface area contributed by atoms with Gasteiger partial charge in [0.05, 0.1) is 0 Å². The smallest absolute Gasteiger partial charge is 0.0533 e. The lowest BCUT2D eigenvalue weighted by atomic mass is 10.0. The minimum absolute atomic E-state index is 0. The third-order valence-electron chi connectivity index (χ3n) is 1.000. The predicted molar refractivity (Wildman–Crippen MR) is 967 cm³/mol. The molecule has 0 unspecified atom stereocenters. The highest BCUT2D eigenvalue weighted by atomic mass is 14.0. The van der Waals surface area contributed by atoms with E-state index in [1.54, 1.807) is 0 Å². The van der Waals surface area contributed by atoms with Crippen LogP contribution in [0.15, 0.2) is 0 Å². The zero-order valence-electron chi connectivity index (χ0n) is 5.66. The lowest BCUT2D eigenvalue weighted by Crippen LogP contribution is -1.85. The van der Waals surface area contributed by atoms with E-state index in [4.69, 9.17) is 0 Å². The van der Waals surface area contributed by atoms with Crippen molar-refractivity contribution in [1.82, 2.24) is 24.6 Å². The van der Waals surface area contributed by atoms with Gasteiger partial charge in [0.1, 0.15) is 0 Å². The van der Waals surface area contributed by atoms with Crippen molar-refractivity contribution < 1.29 is 0 Å². The zero-order chi connectivity index (χ0) is 2.83. The Labute approximate surface area is 1070 Å². The van der Waals surface area contributed by atoms with Gasteiger partial charge in [0.15, 0.2) is 0 Å². The fourth-order valence-corrected chi connectivity index (χ4v) is 0.250. The molecule has 1160 valence electrons. The van der Waals surface area contributed by atoms with Gasteiger partial charge in [-0.1, -0.05) is 1050 Å². The van der Waals surface area contributed by atoms with Gasteiger partial charge in [-0.15, -0.1) is 0 Å². The molecular formula is C142H572N4. The van der Waals surface area contributed by atoms with Gasteiger partial charge in [0, 0.05) is 0 Å². The molecule has 1 aliphatic rings. The SMILES string of the molecule is C.C.C.C.C.C.C.C.C.C.C.C.C.C.C.C.C.C.C.C.C.C.C.C.C.C.C.C.C.C.C.C.C.C.C.C.C.C.C.C.C.C.C.C.C.C.C.C.C.C.C.C.C.C.C.C.C.C.C.C.C.C.C.C.C.C.C.C.C.C.C.C.C.C.C.C.C.C.C.C.C.C.C.C.C.C.C.C.C.C.C.C.C.C.C.C.C.C.C.C.C.C.C.C.C.C.C.C.C.C.C.C.C.C.C.C.C.C.C.C.C.C.C.C.C.C.C.C.C.C.C.C.C.C.C.C.C.C.C1CCC1.N.N.N.N. The monoisotopic (exact) mass is 2340 g/mol. The van der Waals surface area contributed by atoms with Crippen LogP contribution in [0.25, 0.3) is 0 Å². The molecule has 146 heavy (non-hydrogen) atoms. The fraction of sp³-hybridized carbons (Fsp3) is 1.00. The second kappa shape index (κ2) is 203000. The van der Waals surface area contributed by atoms with Crippen LogP contribution in [0, 0.1) is 0 Å². The van der Waals surface area contributed by atoms with Crippen molar-refractivity contribution in [1.29, 1.82) is 0 Å². The minimum atomic E-state index is 0. The minimum Gasteiger partial charge on any atom is -0.344 e. The van der Waals surface area contributed by atoms with E-state index < -0.39 is 0 Å². The Kier molecular flexibility index (Phi) is 289000000. The van der Waals surface area contributed by atoms with E-state index >= 15 is 0 Å². The van der Waals surface area contributed by atoms with E-state index in [0.29, 0.717) is 0 Å². The Morgan fingerprint density at radius 1 is 0.0274 bits per heavy atom. The molecule has 4 nitrogen and oxygen atoms in total. The first-order valence-corrected chi connectivity index (χ1v) is 2.00. The Balaban J connectivity index is -0.00000000000805. The van der Waals surface area contributed by atoms with Crippen LogP contribution in [-0.4, -0.2) is 0 Å². The molecule has 0 radical (unpaired) electrons. The average molecular weight is 2340 g/mol. The first-order chi connectivity index (χ1) is 2.00. The highest BCUT2D eigenvalue weighted by Crippen LogP contribution is 2.15. The van der Waals surface area contributed by atoms with Crippen molar-refractivity contribution in [2.75, 3.05) is 0 Å². The summed E-state index contributed by atoms with van der Waals surface area (Å²) in [6.45, 7) is 0. The van der Waals surface area contributed by atoms with E-state index in [9.17, 15) is 0 Å². The molecule has 0 aromatic heterocycles. The van der Waals surface area contributed by atoms with Crippen molar-refractivity contribution in [2.24, 2.45) is 0 Å². The van der Waals surface area contributed by atoms with Crippen molar-refractivity contribution >= 4 is 0 Å². The van der Waals surface area contributed by atoms with E-state index in [2.05, 4.69) is 0 Å². The molecule has 0 bridgehead atoms. The van der Waals surface area contributed by atoms with Gasteiger partial charge < -0.3 is 24.6 Å². The molecule has 0 atom stereocenters. The Hall–Kier alpha value is -0.160. The molecule has 0 saturated heterocycles. The third kappa shape index (κ3) is 199000. The quantitative estimate of drug-likeness (QED) is 0.192. The molecule has 0 aromatic rings. The van der Waals surface area contributed by atoms with Gasteiger partial charge in [-0.3, -0.25) is 0 Å². The van der Waals surface area contributed by atoms with Crippen LogP contribution in [0.1, 0.15) is 1050 Å². The van der Waals surface area contributed by atoms with Gasteiger partial charge in [-0.2, -0.15) is 0 Å². The van der Waals surface area contributed by atoms with Crippen LogP contribution >= 0.6 is 0 Å². The summed E-state index contributed by atoms with van der Waals surface area (Å²) in [5.74, 6) is 0. The summed E-state index contributed by atoms with van der Waals surface area (Å²) in [6.07, 6.45) is 6.00. The Morgan fingerprint density at radius 2 is 0.0342 bits per heavy atom. The summed E-state index contributed by atoms with van der Waals surface area (Å²) in [4.78, 5) is 0. The number of rotatable bonds is 0. The molecule has 0 aromatic carbocycles. The highest BCUT2D eigenvalue weighted by Gasteiger charge is 1.95. The van der Waals surface area contributed by atoms with Gasteiger partial charge in [0.2, 0.25) is 0 Å². The van der Waals surface area contributed by atoms with E-state index in [1.807, 2.05) is 0 Å². The summed E-state index contributed by atoms with van der Waals surface area (Å²) in [7, 11) is 0. The topological polar surface area (TPSA) is 140 Å². The van der Waals surface area contributed by atoms with E-state index in [1.165, 1.54) is 25.7 Å². The first kappa shape index (κ1) is 207000. The van der Waals surface area contributed by atoms with Gasteiger partial charge in [-0.05, 0) is 0 Å². The largest absolute Gasteiger partial charge is 0.344 e. The van der Waals surface area contributed by atoms with Crippen LogP contribution < -0.4 is 24.6 Å². The maximum absolute atomic E-state index is 1.50. The molecule has 4 heteroatoms. The number of hydrogen-bond donors (Lipinski definition) is 4. The van der Waals surface area contributed by atoms with Crippen LogP contribution in [0.3, 0.4) is 0 Å². The normalized spacial score (nSPS) is 0.658. The molecule has 0 heterocycles. The van der Waals surface area contributed by atoms with Crippen LogP contribution in [0.4, 0.5) is 0 Å². The molecule has 1 saturated carbocycles. The summed E-state index contributed by atoms with van der Waals surface area (Å²) < 4.78 is 0. The van der Waals surface area contributed by atoms with Crippen LogP contribution in [0.2, 0.25) is 0 Å². The Bertz CT molecular complexity index is 34.5. The van der Waals surface area contributed by atoms with E-state index in [0.717, 1.165) is 0 Å². The van der Waals surface area contributed by atoms with Gasteiger partial charge in [0.25, 0.3) is 0 Å². The molecule has 1 aliphatic carbocycles. The van der Waals surface area contributed by atoms with Crippen molar-refractivity contribution in [3.8, 4) is 0 Å². The van der Waals surface area contributed by atoms with Crippen molar-refractivity contribution in [2.45, 2.75) is 1050 Å². The van der Waals surface area contributed by atoms with Crippen LogP contribution in [0.5, 0.6) is 0 Å².